The molecule has 0 atom stereocenters. The number of carbonyl (C=O) groups is 2. The molecule has 0 aliphatic carbocycles. The van der Waals surface area contributed by atoms with Gasteiger partial charge in [0.15, 0.2) is 0 Å². The van der Waals surface area contributed by atoms with E-state index in [1.807, 2.05) is 105 Å². The largest absolute Gasteiger partial charge is 0.494 e. The van der Waals surface area contributed by atoms with Gasteiger partial charge in [-0.05, 0) is 160 Å². The highest BCUT2D eigenvalue weighted by Gasteiger charge is 2.51. The second-order valence-electron chi connectivity index (χ2n) is 16.5. The van der Waals surface area contributed by atoms with Crippen LogP contribution in [-0.2, 0) is 38.0 Å². The number of rotatable bonds is 4. The van der Waals surface area contributed by atoms with Crippen LogP contribution in [0.15, 0.2) is 132 Å². The lowest BCUT2D eigenvalue weighted by atomic mass is 9.79. The van der Waals surface area contributed by atoms with Gasteiger partial charge in [0.25, 0.3) is 0 Å². The Morgan fingerprint density at radius 1 is 0.583 bits per heavy atom. The highest BCUT2D eigenvalue weighted by Crippen LogP contribution is 2.36. The Morgan fingerprint density at radius 3 is 1.35 bits per heavy atom. The highest BCUT2D eigenvalue weighted by molar-refractivity contribution is 9.10. The van der Waals surface area contributed by atoms with Crippen LogP contribution in [0.25, 0.3) is 11.1 Å². The first-order chi connectivity index (χ1) is 34.1. The highest BCUT2D eigenvalue weighted by atomic mass is 79.9. The molecule has 0 unspecified atom stereocenters. The topological polar surface area (TPSA) is 199 Å². The Labute approximate surface area is 427 Å². The molecule has 6 aromatic rings. The fraction of sp³-hybridized carbons (Fsp3) is 0.218. The number of hydroxylamine groups is 2. The fourth-order valence-electron chi connectivity index (χ4n) is 6.05. The molecule has 5 aromatic carbocycles. The molecule has 2 amide bonds. The zero-order chi connectivity index (χ0) is 53.6. The Hall–Kier alpha value is -7.95. The first kappa shape index (κ1) is 58.4. The maximum atomic E-state index is 11.5. The van der Waals surface area contributed by atoms with Crippen LogP contribution < -0.4 is 15.6 Å². The van der Waals surface area contributed by atoms with Crippen molar-refractivity contribution in [3.05, 3.63) is 177 Å². The number of hydrogen-bond acceptors (Lipinski definition) is 13. The lowest BCUT2D eigenvalue weighted by Crippen LogP contribution is -2.41. The van der Waals surface area contributed by atoms with E-state index in [9.17, 15) is 20.0 Å². The van der Waals surface area contributed by atoms with Gasteiger partial charge in [0, 0.05) is 26.7 Å². The predicted molar refractivity (Wildman–Crippen MR) is 273 cm³/mol. The minimum Gasteiger partial charge on any atom is -0.451 e. The van der Waals surface area contributed by atoms with Crippen LogP contribution in [0.3, 0.4) is 0 Å². The molecule has 1 aliphatic heterocycles. The number of hydrogen-bond donors (Lipinski definition) is 2. The van der Waals surface area contributed by atoms with Crippen LogP contribution >= 0.6 is 15.9 Å². The molecule has 0 spiro atoms. The summed E-state index contributed by atoms with van der Waals surface area (Å²) < 4.78 is 21.7. The number of aromatic nitrogens is 1. The van der Waals surface area contributed by atoms with E-state index in [0.717, 1.165) is 50.1 Å². The summed E-state index contributed by atoms with van der Waals surface area (Å²) in [6.07, 6.45) is 0.177. The molecule has 2 N–H and O–H groups in total. The van der Waals surface area contributed by atoms with E-state index in [1.54, 1.807) is 25.1 Å². The molecule has 17 heteroatoms. The number of ether oxygens (including phenoxy) is 2. The summed E-state index contributed by atoms with van der Waals surface area (Å²) in [5.74, 6) is 12.7. The van der Waals surface area contributed by atoms with E-state index in [4.69, 9.17) is 28.5 Å². The molecule has 2 heterocycles. The van der Waals surface area contributed by atoms with Crippen molar-refractivity contribution in [3.8, 4) is 34.8 Å². The van der Waals surface area contributed by atoms with Gasteiger partial charge in [-0.15, -0.1) is 0 Å². The van der Waals surface area contributed by atoms with Gasteiger partial charge in [-0.25, -0.2) is 9.59 Å². The van der Waals surface area contributed by atoms with Crippen molar-refractivity contribution >= 4 is 64.4 Å². The molecule has 1 fully saturated rings. The van der Waals surface area contributed by atoms with Gasteiger partial charge in [-0.1, -0.05) is 89.4 Å². The lowest BCUT2D eigenvalue weighted by molar-refractivity contribution is -0.193. The number of amides is 2. The van der Waals surface area contributed by atoms with Gasteiger partial charge in [0.2, 0.25) is 0 Å². The molecule has 370 valence electrons. The van der Waals surface area contributed by atoms with E-state index in [2.05, 4.69) is 101 Å². The number of methoxy groups -OCH3 is 2. The summed E-state index contributed by atoms with van der Waals surface area (Å²) in [5.41, 5.74) is 11.0. The SMILES string of the molecule is COC(=O)N(O)c1ccc(C)c(-c2ccc(C#Cc3ccc(C)cc3)cc2)c1.COC(=O)N(O)c1cnc(C)c(Br)c1.Cc1ccc(C#Cc2ccc(B3OC(C)(C)C(C)(C)O3)cc2)cc1.O=C=O.O=C=O. The maximum absolute atomic E-state index is 11.5. The summed E-state index contributed by atoms with van der Waals surface area (Å²) >= 11 is 3.23. The van der Waals surface area contributed by atoms with Crippen molar-refractivity contribution in [1.29, 1.82) is 0 Å². The van der Waals surface area contributed by atoms with Gasteiger partial charge < -0.3 is 18.8 Å². The van der Waals surface area contributed by atoms with Crippen molar-refractivity contribution in [2.45, 2.75) is 66.6 Å². The second-order valence-corrected chi connectivity index (χ2v) is 17.4. The molecule has 72 heavy (non-hydrogen) atoms. The van der Waals surface area contributed by atoms with Crippen molar-refractivity contribution in [2.24, 2.45) is 0 Å². The van der Waals surface area contributed by atoms with Gasteiger partial charge in [-0.2, -0.15) is 29.3 Å². The quantitative estimate of drug-likeness (QED) is 0.0733. The number of carbonyl (C=O) groups excluding carboxylic acids is 6. The van der Waals surface area contributed by atoms with Crippen LogP contribution in [0, 0.1) is 51.4 Å². The number of pyridine rings is 1. The van der Waals surface area contributed by atoms with Crippen molar-refractivity contribution in [1.82, 2.24) is 4.98 Å². The molecule has 7 rings (SSSR count). The first-order valence-electron chi connectivity index (χ1n) is 21.7. The molecular formula is C55H53BBrN3O12. The van der Waals surface area contributed by atoms with Gasteiger partial charge >= 0.3 is 31.6 Å². The van der Waals surface area contributed by atoms with Crippen molar-refractivity contribution in [2.75, 3.05) is 24.3 Å². The Morgan fingerprint density at radius 2 is 0.958 bits per heavy atom. The van der Waals surface area contributed by atoms with Crippen LogP contribution in [-0.4, -0.2) is 72.4 Å². The molecule has 0 bridgehead atoms. The summed E-state index contributed by atoms with van der Waals surface area (Å²) in [7, 11) is 2.08. The van der Waals surface area contributed by atoms with E-state index in [-0.39, 0.29) is 36.3 Å². The average Bonchev–Trinajstić information content (AvgIpc) is 3.60. The van der Waals surface area contributed by atoms with Crippen molar-refractivity contribution < 1.29 is 58.0 Å². The molecule has 1 aromatic heterocycles. The number of halogens is 1. The summed E-state index contributed by atoms with van der Waals surface area (Å²) in [4.78, 5) is 58.9. The van der Waals surface area contributed by atoms with E-state index >= 15 is 0 Å². The third-order valence-electron chi connectivity index (χ3n) is 10.9. The number of nitrogens with zero attached hydrogens (tertiary/aromatic N) is 3. The molecule has 1 aliphatic rings. The van der Waals surface area contributed by atoms with Gasteiger partial charge in [0.05, 0.1) is 48.7 Å². The van der Waals surface area contributed by atoms with Crippen LogP contribution in [0.5, 0.6) is 0 Å². The van der Waals surface area contributed by atoms with Crippen LogP contribution in [0.4, 0.5) is 21.0 Å². The standard InChI is InChI=1S/C24H21NO3.C21H23BO2.C8H9BrN2O3.2CO2/c1-17-4-7-19(8-5-17)9-10-20-11-13-21(14-12-20)23-16-22(15-6-18(23)2)25(27)24(26)28-3;1-16-6-8-17(9-7-16)10-11-18-12-14-19(15-13-18)22-23-20(2,3)21(4,5)24-22;1-5-7(9)3-6(4-10-5)11(13)8(12)14-2;2*2-1-3/h4-8,11-16,27H,1-3H3;6-9,12-15H,1-5H3;3-4,13H,1-2H3;;. The third kappa shape index (κ3) is 17.5. The van der Waals surface area contributed by atoms with Crippen molar-refractivity contribution in [3.63, 3.8) is 0 Å². The van der Waals surface area contributed by atoms with E-state index in [1.165, 1.54) is 31.5 Å². The van der Waals surface area contributed by atoms with Crippen LogP contribution in [0.1, 0.15) is 72.3 Å². The average molecular weight is 1040 g/mol. The third-order valence-corrected chi connectivity index (χ3v) is 11.7. The van der Waals surface area contributed by atoms with E-state index < -0.39 is 12.2 Å². The molecule has 1 saturated heterocycles. The zero-order valence-corrected chi connectivity index (χ0v) is 43.0. The smallest absolute Gasteiger partial charge is 0.451 e. The number of anilines is 2. The zero-order valence-electron chi connectivity index (χ0n) is 41.4. The minimum atomic E-state index is -0.859. The van der Waals surface area contributed by atoms with Crippen LogP contribution in [0.2, 0.25) is 0 Å². The number of aryl methyl sites for hydroxylation is 4. The second kappa shape index (κ2) is 28.0. The monoisotopic (exact) mass is 1040 g/mol. The normalized spacial score (nSPS) is 12.0. The Bertz CT molecular complexity index is 2940. The Kier molecular flexibility index (Phi) is 22.7. The van der Waals surface area contributed by atoms with Gasteiger partial charge in [0.1, 0.15) is 0 Å². The Balaban J connectivity index is 0.000000282. The molecular weight excluding hydrogens is 985 g/mol. The molecule has 0 radical (unpaired) electrons. The fourth-order valence-corrected chi connectivity index (χ4v) is 6.38. The maximum Gasteiger partial charge on any atom is 0.494 e. The summed E-state index contributed by atoms with van der Waals surface area (Å²) in [6.45, 7) is 16.2. The first-order valence-corrected chi connectivity index (χ1v) is 22.5. The summed E-state index contributed by atoms with van der Waals surface area (Å²) in [5, 5.41) is 20.1. The lowest BCUT2D eigenvalue weighted by Gasteiger charge is -2.32. The summed E-state index contributed by atoms with van der Waals surface area (Å²) in [6, 6.07) is 39.1. The molecule has 15 nitrogen and oxygen atoms in total. The van der Waals surface area contributed by atoms with Gasteiger partial charge in [-0.3, -0.25) is 15.4 Å². The van der Waals surface area contributed by atoms with E-state index in [0.29, 0.717) is 20.3 Å². The number of benzene rings is 5. The predicted octanol–water partition coefficient (Wildman–Crippen LogP) is 9.97. The molecule has 0 saturated carbocycles. The minimum absolute atomic E-state index is 0.245.